The standard InChI is InChI=1S/C14H20F3N/c1-4-10(2)5-6-11(3)12-7-8-13(18-9-12)14(15,16)17/h7-11H,4-6H2,1-3H3. The van der Waals surface area contributed by atoms with Crippen LogP contribution < -0.4 is 0 Å². The lowest BCUT2D eigenvalue weighted by molar-refractivity contribution is -0.141. The molecular formula is C14H20F3N. The molecule has 0 spiro atoms. The Morgan fingerprint density at radius 2 is 1.83 bits per heavy atom. The van der Waals surface area contributed by atoms with E-state index in [2.05, 4.69) is 18.8 Å². The van der Waals surface area contributed by atoms with Crippen molar-refractivity contribution in [2.45, 2.75) is 52.1 Å². The van der Waals surface area contributed by atoms with Gasteiger partial charge in [-0.1, -0.05) is 39.7 Å². The molecule has 0 amide bonds. The summed E-state index contributed by atoms with van der Waals surface area (Å²) in [6, 6.07) is 2.60. The van der Waals surface area contributed by atoms with Crippen molar-refractivity contribution in [1.82, 2.24) is 4.98 Å². The molecule has 1 nitrogen and oxygen atoms in total. The van der Waals surface area contributed by atoms with Gasteiger partial charge in [0.25, 0.3) is 0 Å². The smallest absolute Gasteiger partial charge is 0.251 e. The molecular weight excluding hydrogens is 239 g/mol. The maximum Gasteiger partial charge on any atom is 0.433 e. The minimum Gasteiger partial charge on any atom is -0.251 e. The quantitative estimate of drug-likeness (QED) is 0.722. The van der Waals surface area contributed by atoms with Crippen molar-refractivity contribution in [3.63, 3.8) is 0 Å². The Morgan fingerprint density at radius 1 is 1.17 bits per heavy atom. The lowest BCUT2D eigenvalue weighted by Crippen LogP contribution is -2.08. The summed E-state index contributed by atoms with van der Waals surface area (Å²) in [5.74, 6) is 0.920. The Bertz CT molecular complexity index is 356. The second-order valence-electron chi connectivity index (χ2n) is 4.97. The van der Waals surface area contributed by atoms with Crippen LogP contribution in [0.4, 0.5) is 13.2 Å². The first kappa shape index (κ1) is 15.0. The van der Waals surface area contributed by atoms with Crippen molar-refractivity contribution >= 4 is 0 Å². The zero-order valence-corrected chi connectivity index (χ0v) is 11.1. The zero-order chi connectivity index (χ0) is 13.8. The molecule has 0 N–H and O–H groups in total. The monoisotopic (exact) mass is 259 g/mol. The van der Waals surface area contributed by atoms with Gasteiger partial charge in [-0.15, -0.1) is 0 Å². The highest BCUT2D eigenvalue weighted by molar-refractivity contribution is 5.19. The second-order valence-corrected chi connectivity index (χ2v) is 4.97. The first-order valence-corrected chi connectivity index (χ1v) is 6.37. The van der Waals surface area contributed by atoms with E-state index < -0.39 is 11.9 Å². The summed E-state index contributed by atoms with van der Waals surface area (Å²) in [4.78, 5) is 3.49. The van der Waals surface area contributed by atoms with Crippen LogP contribution in [-0.4, -0.2) is 4.98 Å². The van der Waals surface area contributed by atoms with E-state index in [1.807, 2.05) is 6.92 Å². The van der Waals surface area contributed by atoms with Gasteiger partial charge in [0.2, 0.25) is 0 Å². The van der Waals surface area contributed by atoms with Gasteiger partial charge in [0.05, 0.1) is 0 Å². The number of hydrogen-bond donors (Lipinski definition) is 0. The van der Waals surface area contributed by atoms with E-state index in [4.69, 9.17) is 0 Å². The lowest BCUT2D eigenvalue weighted by atomic mass is 9.92. The van der Waals surface area contributed by atoms with Crippen LogP contribution >= 0.6 is 0 Å². The van der Waals surface area contributed by atoms with E-state index in [-0.39, 0.29) is 5.92 Å². The van der Waals surface area contributed by atoms with Crippen molar-refractivity contribution in [3.8, 4) is 0 Å². The summed E-state index contributed by atoms with van der Waals surface area (Å²) in [6.07, 6.45) is 0.224. The van der Waals surface area contributed by atoms with Crippen LogP contribution in [0.25, 0.3) is 0 Å². The largest absolute Gasteiger partial charge is 0.433 e. The minimum absolute atomic E-state index is 0.258. The Labute approximate surface area is 106 Å². The highest BCUT2D eigenvalue weighted by Crippen LogP contribution is 2.29. The van der Waals surface area contributed by atoms with E-state index >= 15 is 0 Å². The Morgan fingerprint density at radius 3 is 2.28 bits per heavy atom. The van der Waals surface area contributed by atoms with Crippen molar-refractivity contribution in [2.75, 3.05) is 0 Å². The van der Waals surface area contributed by atoms with Crippen molar-refractivity contribution < 1.29 is 13.2 Å². The minimum atomic E-state index is -4.35. The lowest BCUT2D eigenvalue weighted by Gasteiger charge is -2.15. The average Bonchev–Trinajstić information content (AvgIpc) is 2.34. The van der Waals surface area contributed by atoms with Gasteiger partial charge in [0.15, 0.2) is 0 Å². The molecule has 0 aliphatic carbocycles. The molecule has 1 aromatic heterocycles. The first-order valence-electron chi connectivity index (χ1n) is 6.37. The fraction of sp³-hybridized carbons (Fsp3) is 0.643. The molecule has 2 unspecified atom stereocenters. The summed E-state index contributed by atoms with van der Waals surface area (Å²) < 4.78 is 37.1. The summed E-state index contributed by atoms with van der Waals surface area (Å²) in [7, 11) is 0. The van der Waals surface area contributed by atoms with Crippen molar-refractivity contribution in [1.29, 1.82) is 0 Å². The third kappa shape index (κ3) is 4.31. The number of halogens is 3. The molecule has 1 heterocycles. The van der Waals surface area contributed by atoms with E-state index in [0.717, 1.165) is 30.9 Å². The Kier molecular flexibility index (Phi) is 5.17. The maximum atomic E-state index is 12.4. The molecule has 0 saturated carbocycles. The SMILES string of the molecule is CCC(C)CCC(C)c1ccc(C(F)(F)F)nc1. The predicted molar refractivity (Wildman–Crippen MR) is 66.3 cm³/mol. The van der Waals surface area contributed by atoms with Crippen LogP contribution in [-0.2, 0) is 6.18 Å². The molecule has 0 bridgehead atoms. The number of alkyl halides is 3. The fourth-order valence-corrected chi connectivity index (χ4v) is 1.77. The first-order chi connectivity index (χ1) is 8.34. The highest BCUT2D eigenvalue weighted by Gasteiger charge is 2.32. The van der Waals surface area contributed by atoms with Crippen LogP contribution in [0.1, 0.15) is 57.2 Å². The topological polar surface area (TPSA) is 12.9 Å². The molecule has 102 valence electrons. The summed E-state index contributed by atoms with van der Waals surface area (Å²) in [6.45, 7) is 6.37. The Hall–Kier alpha value is -1.06. The third-order valence-corrected chi connectivity index (χ3v) is 3.44. The number of aromatic nitrogens is 1. The Balaban J connectivity index is 2.62. The average molecular weight is 259 g/mol. The van der Waals surface area contributed by atoms with Crippen LogP contribution in [0.2, 0.25) is 0 Å². The van der Waals surface area contributed by atoms with Gasteiger partial charge in [-0.2, -0.15) is 13.2 Å². The van der Waals surface area contributed by atoms with E-state index in [1.54, 1.807) is 0 Å². The van der Waals surface area contributed by atoms with Gasteiger partial charge in [0, 0.05) is 6.20 Å². The number of rotatable bonds is 5. The molecule has 1 rings (SSSR count). The van der Waals surface area contributed by atoms with Gasteiger partial charge in [-0.05, 0) is 29.9 Å². The third-order valence-electron chi connectivity index (χ3n) is 3.44. The summed E-state index contributed by atoms with van der Waals surface area (Å²) in [5.41, 5.74) is 0.0617. The molecule has 4 heteroatoms. The van der Waals surface area contributed by atoms with Crippen LogP contribution in [0.5, 0.6) is 0 Å². The summed E-state index contributed by atoms with van der Waals surface area (Å²) in [5, 5.41) is 0. The van der Waals surface area contributed by atoms with Gasteiger partial charge in [-0.3, -0.25) is 4.98 Å². The normalized spacial score (nSPS) is 15.4. The molecule has 0 fully saturated rings. The molecule has 2 atom stereocenters. The zero-order valence-electron chi connectivity index (χ0n) is 11.1. The van der Waals surface area contributed by atoms with E-state index in [9.17, 15) is 13.2 Å². The molecule has 0 aliphatic heterocycles. The molecule has 18 heavy (non-hydrogen) atoms. The highest BCUT2D eigenvalue weighted by atomic mass is 19.4. The maximum absolute atomic E-state index is 12.4. The molecule has 1 aromatic rings. The van der Waals surface area contributed by atoms with Gasteiger partial charge in [-0.25, -0.2) is 0 Å². The molecule has 0 radical (unpaired) electrons. The van der Waals surface area contributed by atoms with Gasteiger partial charge >= 0.3 is 6.18 Å². The molecule has 0 saturated heterocycles. The van der Waals surface area contributed by atoms with Crippen molar-refractivity contribution in [2.24, 2.45) is 5.92 Å². The predicted octanol–water partition coefficient (Wildman–Crippen LogP) is 5.03. The molecule has 0 aromatic carbocycles. The van der Waals surface area contributed by atoms with E-state index in [0.29, 0.717) is 5.92 Å². The van der Waals surface area contributed by atoms with Crippen LogP contribution in [0, 0.1) is 5.92 Å². The number of pyridine rings is 1. The fourth-order valence-electron chi connectivity index (χ4n) is 1.77. The molecule has 0 aliphatic rings. The van der Waals surface area contributed by atoms with Crippen LogP contribution in [0.15, 0.2) is 18.3 Å². The number of nitrogens with zero attached hydrogens (tertiary/aromatic N) is 1. The van der Waals surface area contributed by atoms with Gasteiger partial charge < -0.3 is 0 Å². The van der Waals surface area contributed by atoms with Crippen LogP contribution in [0.3, 0.4) is 0 Å². The van der Waals surface area contributed by atoms with E-state index in [1.165, 1.54) is 12.3 Å². The van der Waals surface area contributed by atoms with Crippen molar-refractivity contribution in [3.05, 3.63) is 29.6 Å². The number of hydrogen-bond acceptors (Lipinski definition) is 1. The van der Waals surface area contributed by atoms with Gasteiger partial charge in [0.1, 0.15) is 5.69 Å². The summed E-state index contributed by atoms with van der Waals surface area (Å²) >= 11 is 0. The second kappa shape index (κ2) is 6.21.